The highest BCUT2D eigenvalue weighted by Crippen LogP contribution is 2.29. The number of nitrogens with zero attached hydrogens (tertiary/aromatic N) is 2. The molecule has 0 spiro atoms. The molecule has 3 aromatic rings. The van der Waals surface area contributed by atoms with E-state index >= 15 is 0 Å². The predicted octanol–water partition coefficient (Wildman–Crippen LogP) is 5.73. The Labute approximate surface area is 200 Å². The van der Waals surface area contributed by atoms with Gasteiger partial charge in [-0.15, -0.1) is 0 Å². The summed E-state index contributed by atoms with van der Waals surface area (Å²) in [7, 11) is 0. The van der Waals surface area contributed by atoms with E-state index in [4.69, 9.17) is 0 Å². The molecule has 0 saturated carbocycles. The molecule has 2 N–H and O–H groups in total. The summed E-state index contributed by atoms with van der Waals surface area (Å²) < 4.78 is 0. The van der Waals surface area contributed by atoms with E-state index in [1.54, 1.807) is 0 Å². The van der Waals surface area contributed by atoms with Gasteiger partial charge < -0.3 is 20.4 Å². The first kappa shape index (κ1) is 22.0. The lowest BCUT2D eigenvalue weighted by Crippen LogP contribution is -2.33. The van der Waals surface area contributed by atoms with Gasteiger partial charge in [-0.2, -0.15) is 0 Å². The molecule has 2 fully saturated rings. The van der Waals surface area contributed by atoms with Gasteiger partial charge in [-0.1, -0.05) is 66.7 Å². The van der Waals surface area contributed by atoms with Crippen LogP contribution in [0.25, 0.3) is 0 Å². The van der Waals surface area contributed by atoms with Gasteiger partial charge in [-0.3, -0.25) is 0 Å². The minimum Gasteiger partial charge on any atom is -0.324 e. The maximum atomic E-state index is 12.8. The zero-order valence-electron chi connectivity index (χ0n) is 19.2. The third-order valence-corrected chi connectivity index (χ3v) is 6.86. The minimum absolute atomic E-state index is 0.104. The van der Waals surface area contributed by atoms with Crippen LogP contribution in [0.1, 0.15) is 35.8 Å². The Balaban J connectivity index is 1.15. The number of hydrogen-bond donors (Lipinski definition) is 2. The van der Waals surface area contributed by atoms with Gasteiger partial charge >= 0.3 is 12.1 Å². The summed E-state index contributed by atoms with van der Waals surface area (Å²) in [6, 6.07) is 27.8. The van der Waals surface area contributed by atoms with Crippen molar-refractivity contribution in [1.29, 1.82) is 0 Å². The van der Waals surface area contributed by atoms with E-state index in [9.17, 15) is 9.59 Å². The van der Waals surface area contributed by atoms with Gasteiger partial charge in [0.05, 0.1) is 0 Å². The van der Waals surface area contributed by atoms with E-state index in [2.05, 4.69) is 34.9 Å². The molecule has 2 saturated heterocycles. The molecule has 0 aromatic heterocycles. The molecule has 2 heterocycles. The zero-order valence-corrected chi connectivity index (χ0v) is 19.2. The van der Waals surface area contributed by atoms with Crippen LogP contribution in [0.3, 0.4) is 0 Å². The number of rotatable bonds is 4. The number of hydrogen-bond acceptors (Lipinski definition) is 2. The molecule has 6 heteroatoms. The Morgan fingerprint density at radius 2 is 1.06 bits per heavy atom. The second-order valence-corrected chi connectivity index (χ2v) is 9.13. The van der Waals surface area contributed by atoms with Crippen LogP contribution in [0.2, 0.25) is 0 Å². The third-order valence-electron chi connectivity index (χ3n) is 6.86. The maximum absolute atomic E-state index is 12.8. The average Bonchev–Trinajstić information content (AvgIpc) is 3.56. The molecule has 4 amide bonds. The molecule has 174 valence electrons. The van der Waals surface area contributed by atoms with E-state index in [1.807, 2.05) is 70.5 Å². The number of nitrogens with one attached hydrogen (secondary N) is 2. The first-order valence-electron chi connectivity index (χ1n) is 12.0. The van der Waals surface area contributed by atoms with Crippen LogP contribution in [0, 0.1) is 0 Å². The largest absolute Gasteiger partial charge is 0.324 e. The third kappa shape index (κ3) is 5.06. The average molecular weight is 455 g/mol. The molecule has 2 atom stereocenters. The van der Waals surface area contributed by atoms with Gasteiger partial charge in [-0.25, -0.2) is 9.59 Å². The van der Waals surface area contributed by atoms with Crippen LogP contribution in [-0.4, -0.2) is 48.0 Å². The Morgan fingerprint density at radius 3 is 1.50 bits per heavy atom. The standard InChI is InChI=1S/C28H30N4O2/c33-27(31-16-14-23(19-31)21-8-3-1-4-9-21)29-25-12-7-13-26(18-25)30-28(34)32-17-15-24(20-32)22-10-5-2-6-11-22/h1-13,18,23-24H,14-17,19-20H2,(H,29,33)(H,30,34)/t23-,24-/m0/s1. The van der Waals surface area contributed by atoms with E-state index in [0.717, 1.165) is 25.9 Å². The van der Waals surface area contributed by atoms with Crippen molar-refractivity contribution < 1.29 is 9.59 Å². The maximum Gasteiger partial charge on any atom is 0.321 e. The predicted molar refractivity (Wildman–Crippen MR) is 135 cm³/mol. The fourth-order valence-electron chi connectivity index (χ4n) is 4.96. The summed E-state index contributed by atoms with van der Waals surface area (Å²) >= 11 is 0. The summed E-state index contributed by atoms with van der Waals surface area (Å²) in [5, 5.41) is 5.98. The first-order valence-corrected chi connectivity index (χ1v) is 12.0. The van der Waals surface area contributed by atoms with E-state index in [0.29, 0.717) is 36.3 Å². The fraction of sp³-hybridized carbons (Fsp3) is 0.286. The van der Waals surface area contributed by atoms with E-state index in [1.165, 1.54) is 11.1 Å². The Morgan fingerprint density at radius 1 is 0.618 bits per heavy atom. The van der Waals surface area contributed by atoms with E-state index in [-0.39, 0.29) is 12.1 Å². The molecule has 2 aliphatic heterocycles. The lowest BCUT2D eigenvalue weighted by Gasteiger charge is -2.19. The first-order chi connectivity index (χ1) is 16.7. The summed E-state index contributed by atoms with van der Waals surface area (Å²) in [6.45, 7) is 2.90. The molecule has 2 aliphatic rings. The quantitative estimate of drug-likeness (QED) is 0.529. The van der Waals surface area contributed by atoms with E-state index < -0.39 is 0 Å². The van der Waals surface area contributed by atoms with Crippen LogP contribution in [0.4, 0.5) is 21.0 Å². The smallest absolute Gasteiger partial charge is 0.321 e. The summed E-state index contributed by atoms with van der Waals surface area (Å²) in [4.78, 5) is 29.4. The van der Waals surface area contributed by atoms with Crippen molar-refractivity contribution in [3.05, 3.63) is 96.1 Å². The number of amides is 4. The summed E-state index contributed by atoms with van der Waals surface area (Å²) in [5.74, 6) is 0.746. The normalized spacial score (nSPS) is 19.8. The lowest BCUT2D eigenvalue weighted by molar-refractivity contribution is 0.221. The van der Waals surface area contributed by atoms with Crippen LogP contribution >= 0.6 is 0 Å². The van der Waals surface area contributed by atoms with Crippen LogP contribution in [0.5, 0.6) is 0 Å². The highest BCUT2D eigenvalue weighted by atomic mass is 16.2. The monoisotopic (exact) mass is 454 g/mol. The van der Waals surface area contributed by atoms with Gasteiger partial charge in [0.25, 0.3) is 0 Å². The van der Waals surface area contributed by atoms with Gasteiger partial charge in [0.1, 0.15) is 0 Å². The Hall–Kier alpha value is -3.80. The van der Waals surface area contributed by atoms with Crippen LogP contribution < -0.4 is 10.6 Å². The van der Waals surface area contributed by atoms with Gasteiger partial charge in [-0.05, 0) is 42.2 Å². The van der Waals surface area contributed by atoms with Gasteiger partial charge in [0.15, 0.2) is 0 Å². The second kappa shape index (κ2) is 10.00. The van der Waals surface area contributed by atoms with Crippen molar-refractivity contribution in [1.82, 2.24) is 9.80 Å². The molecule has 6 nitrogen and oxygen atoms in total. The number of urea groups is 2. The fourth-order valence-corrected chi connectivity index (χ4v) is 4.96. The number of likely N-dealkylation sites (tertiary alicyclic amines) is 2. The van der Waals surface area contributed by atoms with Crippen LogP contribution in [-0.2, 0) is 0 Å². The molecular weight excluding hydrogens is 424 g/mol. The highest BCUT2D eigenvalue weighted by molar-refractivity contribution is 5.93. The van der Waals surface area contributed by atoms with Gasteiger partial charge in [0, 0.05) is 49.4 Å². The van der Waals surface area contributed by atoms with Crippen molar-refractivity contribution in [3.63, 3.8) is 0 Å². The Bertz CT molecular complexity index is 1050. The SMILES string of the molecule is O=C(Nc1cccc(NC(=O)N2CC[C@H](c3ccccc3)C2)c1)N1CC[C@H](c2ccccc2)C1. The summed E-state index contributed by atoms with van der Waals surface area (Å²) in [5.41, 5.74) is 3.90. The van der Waals surface area contributed by atoms with Crippen molar-refractivity contribution >= 4 is 23.4 Å². The molecule has 3 aromatic carbocycles. The topological polar surface area (TPSA) is 64.7 Å². The van der Waals surface area contributed by atoms with Crippen molar-refractivity contribution in [2.75, 3.05) is 36.8 Å². The molecule has 0 radical (unpaired) electrons. The molecule has 34 heavy (non-hydrogen) atoms. The molecule has 0 unspecified atom stereocenters. The lowest BCUT2D eigenvalue weighted by atomic mass is 9.99. The van der Waals surface area contributed by atoms with Crippen molar-refractivity contribution in [3.8, 4) is 0 Å². The minimum atomic E-state index is -0.104. The number of benzene rings is 3. The Kier molecular flexibility index (Phi) is 6.47. The number of anilines is 2. The summed E-state index contributed by atoms with van der Waals surface area (Å²) in [6.07, 6.45) is 1.93. The van der Waals surface area contributed by atoms with Crippen LogP contribution in [0.15, 0.2) is 84.9 Å². The van der Waals surface area contributed by atoms with Crippen molar-refractivity contribution in [2.45, 2.75) is 24.7 Å². The molecular formula is C28H30N4O2. The highest BCUT2D eigenvalue weighted by Gasteiger charge is 2.28. The number of carbonyl (C=O) groups is 2. The van der Waals surface area contributed by atoms with Gasteiger partial charge in [0.2, 0.25) is 0 Å². The second-order valence-electron chi connectivity index (χ2n) is 9.13. The number of carbonyl (C=O) groups excluding carboxylic acids is 2. The molecule has 0 aliphatic carbocycles. The molecule has 5 rings (SSSR count). The van der Waals surface area contributed by atoms with Crippen molar-refractivity contribution in [2.24, 2.45) is 0 Å². The zero-order chi connectivity index (χ0) is 23.3. The molecule has 0 bridgehead atoms.